The predicted molar refractivity (Wildman–Crippen MR) is 28.9 cm³/mol. The van der Waals surface area contributed by atoms with Gasteiger partial charge >= 0.3 is 0 Å². The van der Waals surface area contributed by atoms with Crippen LogP contribution in [0.1, 0.15) is 6.92 Å². The summed E-state index contributed by atoms with van der Waals surface area (Å²) in [5.74, 6) is 0. The summed E-state index contributed by atoms with van der Waals surface area (Å²) in [6.45, 7) is 2.05. The van der Waals surface area contributed by atoms with E-state index in [0.717, 1.165) is 6.16 Å². The van der Waals surface area contributed by atoms with Crippen LogP contribution in [0.25, 0.3) is 0 Å². The van der Waals surface area contributed by atoms with Crippen molar-refractivity contribution >= 4 is 21.7 Å². The van der Waals surface area contributed by atoms with Gasteiger partial charge in [0.2, 0.25) is 0 Å². The third-order valence-electron chi connectivity index (χ3n) is 0.209. The smallest absolute Gasteiger partial charge is 0.0313 e. The summed E-state index contributed by atoms with van der Waals surface area (Å²) in [4.78, 5) is 0. The molecule has 0 N–H and O–H groups in total. The van der Waals surface area contributed by atoms with Crippen molar-refractivity contribution in [3.05, 3.63) is 0 Å². The van der Waals surface area contributed by atoms with Crippen LogP contribution in [0.4, 0.5) is 0 Å². The highest BCUT2D eigenvalue weighted by Crippen LogP contribution is 2.10. The molecular formula is C2H7OPS. The average molecular weight is 110 g/mol. The van der Waals surface area contributed by atoms with Crippen molar-refractivity contribution in [3.63, 3.8) is 0 Å². The van der Waals surface area contributed by atoms with Crippen LogP contribution in [0.5, 0.6) is 0 Å². The van der Waals surface area contributed by atoms with Gasteiger partial charge in [-0.1, -0.05) is 6.92 Å². The first-order chi connectivity index (χ1) is 2.41. The van der Waals surface area contributed by atoms with Crippen molar-refractivity contribution in [3.8, 4) is 0 Å². The molecule has 0 rings (SSSR count). The Hall–Kier alpha value is 0.740. The van der Waals surface area contributed by atoms with Crippen molar-refractivity contribution in [2.75, 3.05) is 6.16 Å². The number of thiol groups is 1. The molecule has 1 nitrogen and oxygen atoms in total. The zero-order valence-corrected chi connectivity index (χ0v) is 4.96. The lowest BCUT2D eigenvalue weighted by Gasteiger charge is -1.82. The van der Waals surface area contributed by atoms with E-state index in [0.29, 0.717) is 8.81 Å². The molecule has 0 heterocycles. The normalized spacial score (nSPS) is 10.8. The molecule has 0 aliphatic rings. The summed E-state index contributed by atoms with van der Waals surface area (Å²) in [6, 6.07) is 0. The van der Waals surface area contributed by atoms with Gasteiger partial charge in [0.25, 0.3) is 0 Å². The van der Waals surface area contributed by atoms with E-state index in [1.807, 2.05) is 0 Å². The van der Waals surface area contributed by atoms with Gasteiger partial charge in [-0.2, -0.15) is 0 Å². The second-order valence-electron chi connectivity index (χ2n) is 0.589. The van der Waals surface area contributed by atoms with Crippen LogP contribution in [-0.2, 0) is 3.97 Å². The first-order valence-corrected chi connectivity index (χ1v) is 2.93. The Morgan fingerprint density at radius 2 is 2.60 bits per heavy atom. The second-order valence-corrected chi connectivity index (χ2v) is 2.32. The molecule has 0 bridgehead atoms. The van der Waals surface area contributed by atoms with Gasteiger partial charge in [0, 0.05) is 8.81 Å². The molecule has 0 saturated heterocycles. The second kappa shape index (κ2) is 4.74. The highest BCUT2D eigenvalue weighted by atomic mass is 32.1. The molecule has 0 radical (unpaired) electrons. The minimum absolute atomic E-state index is 0.562. The first-order valence-electron chi connectivity index (χ1n) is 1.45. The van der Waals surface area contributed by atoms with E-state index in [-0.39, 0.29) is 0 Å². The molecule has 5 heavy (non-hydrogen) atoms. The SMILES string of the molecule is CCPOS. The number of hydrogen-bond donors (Lipinski definition) is 1. The van der Waals surface area contributed by atoms with E-state index in [2.05, 4.69) is 23.8 Å². The van der Waals surface area contributed by atoms with Crippen molar-refractivity contribution in [2.24, 2.45) is 0 Å². The summed E-state index contributed by atoms with van der Waals surface area (Å²) in [7, 11) is 0.562. The van der Waals surface area contributed by atoms with Crippen molar-refractivity contribution in [2.45, 2.75) is 6.92 Å². The van der Waals surface area contributed by atoms with Crippen LogP contribution in [0.2, 0.25) is 0 Å². The molecule has 0 aliphatic carbocycles. The molecular weight excluding hydrogens is 103 g/mol. The van der Waals surface area contributed by atoms with Crippen molar-refractivity contribution in [1.29, 1.82) is 0 Å². The van der Waals surface area contributed by atoms with Crippen LogP contribution < -0.4 is 0 Å². The number of rotatable bonds is 2. The van der Waals surface area contributed by atoms with E-state index in [1.165, 1.54) is 0 Å². The molecule has 0 saturated carbocycles. The summed E-state index contributed by atoms with van der Waals surface area (Å²) < 4.78 is 4.41. The lowest BCUT2D eigenvalue weighted by molar-refractivity contribution is 0.756. The molecule has 1 unspecified atom stereocenters. The Morgan fingerprint density at radius 3 is 2.60 bits per heavy atom. The highest BCUT2D eigenvalue weighted by molar-refractivity contribution is 7.78. The fourth-order valence-corrected chi connectivity index (χ4v) is 0.581. The van der Waals surface area contributed by atoms with E-state index < -0.39 is 0 Å². The van der Waals surface area contributed by atoms with Crippen LogP contribution in [0, 0.1) is 0 Å². The molecule has 0 spiro atoms. The van der Waals surface area contributed by atoms with E-state index in [1.54, 1.807) is 0 Å². The third-order valence-corrected chi connectivity index (χ3v) is 1.01. The fourth-order valence-electron chi connectivity index (χ4n) is 0.0645. The summed E-state index contributed by atoms with van der Waals surface area (Å²) in [5.41, 5.74) is 0. The van der Waals surface area contributed by atoms with Gasteiger partial charge < -0.3 is 3.97 Å². The molecule has 1 atom stereocenters. The molecule has 0 amide bonds. The van der Waals surface area contributed by atoms with Gasteiger partial charge in [0.05, 0.1) is 0 Å². The van der Waals surface area contributed by atoms with Gasteiger partial charge in [-0.3, -0.25) is 0 Å². The lowest BCUT2D eigenvalue weighted by Crippen LogP contribution is -1.52. The maximum absolute atomic E-state index is 4.41. The Morgan fingerprint density at radius 1 is 2.00 bits per heavy atom. The average Bonchev–Trinajstić information content (AvgIpc) is 1.41. The van der Waals surface area contributed by atoms with E-state index in [4.69, 9.17) is 0 Å². The van der Waals surface area contributed by atoms with Crippen LogP contribution in [0.3, 0.4) is 0 Å². The minimum Gasteiger partial charge on any atom is -0.300 e. The largest absolute Gasteiger partial charge is 0.300 e. The standard InChI is InChI=1S/C2H7OPS/c1-2-4-3-5/h4-5H,2H2,1H3. The zero-order valence-electron chi connectivity index (χ0n) is 3.06. The maximum Gasteiger partial charge on any atom is 0.0313 e. The summed E-state index contributed by atoms with van der Waals surface area (Å²) >= 11 is 3.51. The maximum atomic E-state index is 4.41. The Bertz CT molecular complexity index is 17.1. The van der Waals surface area contributed by atoms with Gasteiger partial charge in [0.1, 0.15) is 0 Å². The molecule has 0 aromatic rings. The van der Waals surface area contributed by atoms with Crippen LogP contribution in [-0.4, -0.2) is 6.16 Å². The van der Waals surface area contributed by atoms with Gasteiger partial charge in [0.15, 0.2) is 0 Å². The van der Waals surface area contributed by atoms with Gasteiger partial charge in [-0.25, -0.2) is 0 Å². The fraction of sp³-hybridized carbons (Fsp3) is 1.00. The predicted octanol–water partition coefficient (Wildman–Crippen LogP) is 1.46. The highest BCUT2D eigenvalue weighted by Gasteiger charge is 1.67. The summed E-state index contributed by atoms with van der Waals surface area (Å²) in [6.07, 6.45) is 1.07. The molecule has 0 aromatic heterocycles. The van der Waals surface area contributed by atoms with E-state index in [9.17, 15) is 0 Å². The van der Waals surface area contributed by atoms with Gasteiger partial charge in [-0.05, 0) is 19.1 Å². The molecule has 3 heteroatoms. The molecule has 0 aliphatic heterocycles. The van der Waals surface area contributed by atoms with Crippen molar-refractivity contribution in [1.82, 2.24) is 0 Å². The lowest BCUT2D eigenvalue weighted by atomic mass is 11.0. The summed E-state index contributed by atoms with van der Waals surface area (Å²) in [5, 5.41) is 0. The topological polar surface area (TPSA) is 9.23 Å². The van der Waals surface area contributed by atoms with E-state index >= 15 is 0 Å². The molecule has 0 fully saturated rings. The molecule has 32 valence electrons. The Kier molecular flexibility index (Phi) is 5.44. The van der Waals surface area contributed by atoms with Gasteiger partial charge in [-0.15, -0.1) is 0 Å². The quantitative estimate of drug-likeness (QED) is 0.321. The van der Waals surface area contributed by atoms with Crippen LogP contribution in [0.15, 0.2) is 0 Å². The Balaban J connectivity index is 2.19. The Labute approximate surface area is 39.6 Å². The third kappa shape index (κ3) is 4.74. The zero-order chi connectivity index (χ0) is 4.12. The first kappa shape index (κ1) is 5.74. The molecule has 0 aromatic carbocycles. The monoisotopic (exact) mass is 110 g/mol. The minimum atomic E-state index is 0.562. The number of hydrogen-bond acceptors (Lipinski definition) is 2. The van der Waals surface area contributed by atoms with Crippen LogP contribution >= 0.6 is 21.7 Å². The van der Waals surface area contributed by atoms with Crippen molar-refractivity contribution < 1.29 is 3.97 Å².